The second-order valence-corrected chi connectivity index (χ2v) is 7.31. The molecule has 0 aromatic carbocycles. The van der Waals surface area contributed by atoms with Gasteiger partial charge in [-0.3, -0.25) is 0 Å². The standard InChI is InChI=1S/C12H15BrO2S/c1-12(2,3)7-8(6-11(14)15)9-4-5-10(13)16-9/h4-6H,7H2,1-3H3,(H,14,15)/b8-6-. The first kappa shape index (κ1) is 13.5. The summed E-state index contributed by atoms with van der Waals surface area (Å²) in [5, 5.41) is 8.87. The Morgan fingerprint density at radius 2 is 2.12 bits per heavy atom. The van der Waals surface area contributed by atoms with Crippen LogP contribution in [-0.4, -0.2) is 11.1 Å². The van der Waals surface area contributed by atoms with Gasteiger partial charge >= 0.3 is 5.97 Å². The van der Waals surface area contributed by atoms with Gasteiger partial charge in [0.15, 0.2) is 0 Å². The summed E-state index contributed by atoms with van der Waals surface area (Å²) in [7, 11) is 0. The van der Waals surface area contributed by atoms with E-state index in [9.17, 15) is 4.79 Å². The molecule has 0 spiro atoms. The van der Waals surface area contributed by atoms with Crippen LogP contribution in [0.4, 0.5) is 0 Å². The second kappa shape index (κ2) is 5.15. The minimum Gasteiger partial charge on any atom is -0.478 e. The Morgan fingerprint density at radius 1 is 1.50 bits per heavy atom. The van der Waals surface area contributed by atoms with Gasteiger partial charge in [0.05, 0.1) is 3.79 Å². The van der Waals surface area contributed by atoms with Crippen LogP contribution in [0, 0.1) is 5.41 Å². The molecule has 88 valence electrons. The highest BCUT2D eigenvalue weighted by Gasteiger charge is 2.16. The van der Waals surface area contributed by atoms with Gasteiger partial charge in [0.2, 0.25) is 0 Å². The molecule has 0 bridgehead atoms. The Hall–Kier alpha value is -0.610. The number of hydrogen-bond donors (Lipinski definition) is 1. The fourth-order valence-corrected chi connectivity index (χ4v) is 2.82. The summed E-state index contributed by atoms with van der Waals surface area (Å²) < 4.78 is 1.02. The third-order valence-corrected chi connectivity index (χ3v) is 3.61. The van der Waals surface area contributed by atoms with Crippen LogP contribution in [0.3, 0.4) is 0 Å². The molecule has 0 amide bonds. The maximum absolute atomic E-state index is 10.8. The van der Waals surface area contributed by atoms with Crippen LogP contribution in [0.1, 0.15) is 32.1 Å². The van der Waals surface area contributed by atoms with Crippen molar-refractivity contribution in [3.63, 3.8) is 0 Å². The quantitative estimate of drug-likeness (QED) is 0.840. The van der Waals surface area contributed by atoms with Crippen LogP contribution in [-0.2, 0) is 4.79 Å². The SMILES string of the molecule is CC(C)(C)C/C(=C/C(=O)O)c1ccc(Br)s1. The Kier molecular flexibility index (Phi) is 4.33. The molecule has 1 aromatic rings. The highest BCUT2D eigenvalue weighted by Crippen LogP contribution is 2.35. The lowest BCUT2D eigenvalue weighted by Crippen LogP contribution is -2.06. The van der Waals surface area contributed by atoms with Crippen LogP contribution >= 0.6 is 27.3 Å². The van der Waals surface area contributed by atoms with Crippen molar-refractivity contribution in [2.24, 2.45) is 5.41 Å². The van der Waals surface area contributed by atoms with E-state index in [2.05, 4.69) is 36.7 Å². The third-order valence-electron chi connectivity index (χ3n) is 1.91. The molecule has 0 radical (unpaired) electrons. The lowest BCUT2D eigenvalue weighted by atomic mass is 9.87. The number of thiophene rings is 1. The molecule has 1 N–H and O–H groups in total. The third kappa shape index (κ3) is 4.49. The Balaban J connectivity index is 3.02. The zero-order valence-electron chi connectivity index (χ0n) is 9.58. The molecule has 0 fully saturated rings. The highest BCUT2D eigenvalue weighted by molar-refractivity contribution is 9.11. The van der Waals surface area contributed by atoms with Crippen molar-refractivity contribution >= 4 is 38.8 Å². The summed E-state index contributed by atoms with van der Waals surface area (Å²) in [5.41, 5.74) is 0.966. The van der Waals surface area contributed by atoms with Crippen LogP contribution in [0.25, 0.3) is 5.57 Å². The second-order valence-electron chi connectivity index (χ2n) is 4.85. The van der Waals surface area contributed by atoms with E-state index in [1.165, 1.54) is 6.08 Å². The average molecular weight is 303 g/mol. The van der Waals surface area contributed by atoms with Gasteiger partial charge in [-0.05, 0) is 45.5 Å². The maximum Gasteiger partial charge on any atom is 0.328 e. The largest absolute Gasteiger partial charge is 0.478 e. The summed E-state index contributed by atoms with van der Waals surface area (Å²) in [6, 6.07) is 3.90. The number of carbonyl (C=O) groups is 1. The van der Waals surface area contributed by atoms with Crippen molar-refractivity contribution in [3.05, 3.63) is 26.9 Å². The highest BCUT2D eigenvalue weighted by atomic mass is 79.9. The number of allylic oxidation sites excluding steroid dienone is 1. The van der Waals surface area contributed by atoms with Gasteiger partial charge in [-0.1, -0.05) is 20.8 Å². The molecule has 0 aliphatic heterocycles. The fourth-order valence-electron chi connectivity index (χ4n) is 1.42. The Bertz CT molecular complexity index is 413. The van der Waals surface area contributed by atoms with Gasteiger partial charge < -0.3 is 5.11 Å². The molecule has 0 aliphatic rings. The van der Waals surface area contributed by atoms with E-state index in [0.717, 1.165) is 20.7 Å². The molecule has 4 heteroatoms. The molecule has 0 atom stereocenters. The minimum absolute atomic E-state index is 0.0811. The monoisotopic (exact) mass is 302 g/mol. The maximum atomic E-state index is 10.8. The number of aliphatic carboxylic acids is 1. The zero-order chi connectivity index (χ0) is 12.3. The van der Waals surface area contributed by atoms with Gasteiger partial charge in [-0.2, -0.15) is 0 Å². The zero-order valence-corrected chi connectivity index (χ0v) is 12.0. The van der Waals surface area contributed by atoms with E-state index in [1.54, 1.807) is 11.3 Å². The molecule has 1 heterocycles. The van der Waals surface area contributed by atoms with Crippen LogP contribution < -0.4 is 0 Å². The normalized spacial score (nSPS) is 12.9. The molecule has 0 aliphatic carbocycles. The lowest BCUT2D eigenvalue weighted by Gasteiger charge is -2.19. The van der Waals surface area contributed by atoms with E-state index in [0.29, 0.717) is 0 Å². The molecule has 2 nitrogen and oxygen atoms in total. The van der Waals surface area contributed by atoms with Crippen molar-refractivity contribution in [2.45, 2.75) is 27.2 Å². The van der Waals surface area contributed by atoms with Crippen molar-refractivity contribution in [2.75, 3.05) is 0 Å². The fraction of sp³-hybridized carbons (Fsp3) is 0.417. The number of hydrogen-bond acceptors (Lipinski definition) is 2. The predicted molar refractivity (Wildman–Crippen MR) is 71.7 cm³/mol. The van der Waals surface area contributed by atoms with E-state index in [-0.39, 0.29) is 5.41 Å². The molecule has 0 unspecified atom stereocenters. The van der Waals surface area contributed by atoms with E-state index in [4.69, 9.17) is 5.11 Å². The van der Waals surface area contributed by atoms with Crippen LogP contribution in [0.2, 0.25) is 0 Å². The van der Waals surface area contributed by atoms with Crippen molar-refractivity contribution < 1.29 is 9.90 Å². The van der Waals surface area contributed by atoms with E-state index in [1.807, 2.05) is 12.1 Å². The van der Waals surface area contributed by atoms with Crippen molar-refractivity contribution in [1.82, 2.24) is 0 Å². The van der Waals surface area contributed by atoms with Crippen molar-refractivity contribution in [3.8, 4) is 0 Å². The first-order valence-corrected chi connectivity index (χ1v) is 6.58. The van der Waals surface area contributed by atoms with Crippen LogP contribution in [0.15, 0.2) is 22.0 Å². The number of rotatable bonds is 3. The molecular weight excluding hydrogens is 288 g/mol. The number of halogens is 1. The first-order valence-electron chi connectivity index (χ1n) is 4.97. The molecule has 16 heavy (non-hydrogen) atoms. The van der Waals surface area contributed by atoms with E-state index < -0.39 is 5.97 Å². The van der Waals surface area contributed by atoms with E-state index >= 15 is 0 Å². The first-order chi connectivity index (χ1) is 7.28. The van der Waals surface area contributed by atoms with Gasteiger partial charge in [0.25, 0.3) is 0 Å². The molecule has 1 rings (SSSR count). The summed E-state index contributed by atoms with van der Waals surface area (Å²) in [5.74, 6) is -0.885. The Morgan fingerprint density at radius 3 is 2.50 bits per heavy atom. The van der Waals surface area contributed by atoms with Crippen LogP contribution in [0.5, 0.6) is 0 Å². The van der Waals surface area contributed by atoms with Crippen molar-refractivity contribution in [1.29, 1.82) is 0 Å². The number of carboxylic acid groups (broad SMARTS) is 1. The summed E-state index contributed by atoms with van der Waals surface area (Å²) in [6.07, 6.45) is 2.07. The molecule has 0 saturated heterocycles. The number of carboxylic acids is 1. The average Bonchev–Trinajstić information content (AvgIpc) is 2.47. The summed E-state index contributed by atoms with van der Waals surface area (Å²) in [4.78, 5) is 11.8. The molecular formula is C12H15BrO2S. The molecule has 1 aromatic heterocycles. The summed E-state index contributed by atoms with van der Waals surface area (Å²) >= 11 is 4.95. The summed E-state index contributed by atoms with van der Waals surface area (Å²) in [6.45, 7) is 6.31. The molecule has 0 saturated carbocycles. The van der Waals surface area contributed by atoms with Gasteiger partial charge in [0, 0.05) is 11.0 Å². The Labute approximate surface area is 108 Å². The predicted octanol–water partition coefficient (Wildman–Crippen LogP) is 4.41. The van der Waals surface area contributed by atoms with Gasteiger partial charge in [-0.25, -0.2) is 4.79 Å². The smallest absolute Gasteiger partial charge is 0.328 e. The minimum atomic E-state index is -0.885. The van der Waals surface area contributed by atoms with Gasteiger partial charge in [-0.15, -0.1) is 11.3 Å². The topological polar surface area (TPSA) is 37.3 Å². The van der Waals surface area contributed by atoms with Gasteiger partial charge in [0.1, 0.15) is 0 Å². The lowest BCUT2D eigenvalue weighted by molar-refractivity contribution is -0.131.